The Morgan fingerprint density at radius 2 is 1.91 bits per heavy atom. The van der Waals surface area contributed by atoms with Gasteiger partial charge in [-0.1, -0.05) is 19.0 Å². The lowest BCUT2D eigenvalue weighted by molar-refractivity contribution is 0.335. The number of rotatable bonds is 5. The normalized spacial score (nSPS) is 12.3. The van der Waals surface area contributed by atoms with Gasteiger partial charge in [0.2, 0.25) is 17.7 Å². The number of pyridine rings is 1. The van der Waals surface area contributed by atoms with Gasteiger partial charge in [0.1, 0.15) is 6.04 Å². The zero-order chi connectivity index (χ0) is 15.4. The van der Waals surface area contributed by atoms with Crippen LogP contribution in [0, 0.1) is 5.92 Å². The maximum Gasteiger partial charge on any atom is 0.249 e. The van der Waals surface area contributed by atoms with Crippen molar-refractivity contribution in [2.24, 2.45) is 5.92 Å². The van der Waals surface area contributed by atoms with E-state index in [4.69, 9.17) is 4.52 Å². The van der Waals surface area contributed by atoms with E-state index in [-0.39, 0.29) is 12.0 Å². The first kappa shape index (κ1) is 14.1. The quantitative estimate of drug-likeness (QED) is 0.774. The topological polar surface area (TPSA) is 89.6 Å². The van der Waals surface area contributed by atoms with Gasteiger partial charge in [0.25, 0.3) is 0 Å². The summed E-state index contributed by atoms with van der Waals surface area (Å²) in [5, 5.41) is 7.25. The Morgan fingerprint density at radius 3 is 2.59 bits per heavy atom. The van der Waals surface area contributed by atoms with Crippen LogP contribution in [0.4, 0.5) is 5.95 Å². The molecular formula is C15H16N6O. The van der Waals surface area contributed by atoms with Gasteiger partial charge in [-0.25, -0.2) is 9.97 Å². The third-order valence-electron chi connectivity index (χ3n) is 3.14. The number of nitrogens with one attached hydrogen (secondary N) is 1. The molecule has 0 spiro atoms. The molecule has 0 fully saturated rings. The van der Waals surface area contributed by atoms with Crippen LogP contribution in [0.5, 0.6) is 0 Å². The molecule has 112 valence electrons. The maximum absolute atomic E-state index is 5.41. The number of hydrogen-bond acceptors (Lipinski definition) is 7. The van der Waals surface area contributed by atoms with Crippen molar-refractivity contribution in [3.05, 3.63) is 48.9 Å². The Morgan fingerprint density at radius 1 is 1.09 bits per heavy atom. The van der Waals surface area contributed by atoms with Gasteiger partial charge in [-0.3, -0.25) is 4.98 Å². The fraction of sp³-hybridized carbons (Fsp3) is 0.267. The zero-order valence-electron chi connectivity index (χ0n) is 12.3. The fourth-order valence-corrected chi connectivity index (χ4v) is 2.00. The van der Waals surface area contributed by atoms with Crippen molar-refractivity contribution in [3.8, 4) is 11.4 Å². The Hall–Kier alpha value is -2.83. The smallest absolute Gasteiger partial charge is 0.249 e. The van der Waals surface area contributed by atoms with Gasteiger partial charge in [-0.15, -0.1) is 0 Å². The van der Waals surface area contributed by atoms with Crippen molar-refractivity contribution < 1.29 is 4.52 Å². The van der Waals surface area contributed by atoms with Crippen molar-refractivity contribution in [1.29, 1.82) is 0 Å². The van der Waals surface area contributed by atoms with Crippen LogP contribution in [0.3, 0.4) is 0 Å². The van der Waals surface area contributed by atoms with Gasteiger partial charge >= 0.3 is 0 Å². The molecule has 0 saturated heterocycles. The van der Waals surface area contributed by atoms with Crippen LogP contribution in [0.2, 0.25) is 0 Å². The molecule has 3 aromatic heterocycles. The van der Waals surface area contributed by atoms with Gasteiger partial charge in [-0.2, -0.15) is 4.98 Å². The van der Waals surface area contributed by atoms with Gasteiger partial charge < -0.3 is 9.84 Å². The molecule has 1 unspecified atom stereocenters. The van der Waals surface area contributed by atoms with Crippen LogP contribution in [0.25, 0.3) is 11.4 Å². The second-order valence-electron chi connectivity index (χ2n) is 5.14. The molecule has 3 rings (SSSR count). The predicted molar refractivity (Wildman–Crippen MR) is 80.8 cm³/mol. The molecule has 1 atom stereocenters. The van der Waals surface area contributed by atoms with Crippen LogP contribution in [0.15, 0.2) is 47.5 Å². The summed E-state index contributed by atoms with van der Waals surface area (Å²) >= 11 is 0. The molecule has 7 nitrogen and oxygen atoms in total. The Balaban J connectivity index is 1.85. The molecule has 0 saturated carbocycles. The van der Waals surface area contributed by atoms with Crippen LogP contribution in [0.1, 0.15) is 25.8 Å². The molecule has 0 aromatic carbocycles. The number of nitrogens with zero attached hydrogens (tertiary/aromatic N) is 5. The number of anilines is 1. The van der Waals surface area contributed by atoms with E-state index in [2.05, 4.69) is 44.3 Å². The minimum Gasteiger partial charge on any atom is -0.342 e. The van der Waals surface area contributed by atoms with Gasteiger partial charge in [0, 0.05) is 30.4 Å². The zero-order valence-corrected chi connectivity index (χ0v) is 12.3. The first-order valence-corrected chi connectivity index (χ1v) is 7.01. The molecule has 22 heavy (non-hydrogen) atoms. The molecular weight excluding hydrogens is 280 g/mol. The van der Waals surface area contributed by atoms with E-state index in [9.17, 15) is 0 Å². The average Bonchev–Trinajstić information content (AvgIpc) is 3.04. The summed E-state index contributed by atoms with van der Waals surface area (Å²) in [7, 11) is 0. The lowest BCUT2D eigenvalue weighted by Gasteiger charge is -2.17. The number of aromatic nitrogens is 5. The lowest BCUT2D eigenvalue weighted by Crippen LogP contribution is -2.18. The minimum atomic E-state index is -0.166. The van der Waals surface area contributed by atoms with Crippen LogP contribution < -0.4 is 5.32 Å². The summed E-state index contributed by atoms with van der Waals surface area (Å²) in [6.07, 6.45) is 6.77. The maximum atomic E-state index is 5.41. The van der Waals surface area contributed by atoms with E-state index in [1.807, 2.05) is 12.1 Å². The van der Waals surface area contributed by atoms with E-state index >= 15 is 0 Å². The van der Waals surface area contributed by atoms with E-state index in [0.717, 1.165) is 5.56 Å². The molecule has 0 amide bonds. The fourth-order valence-electron chi connectivity index (χ4n) is 2.00. The Kier molecular flexibility index (Phi) is 4.04. The van der Waals surface area contributed by atoms with E-state index in [1.54, 1.807) is 30.9 Å². The lowest BCUT2D eigenvalue weighted by atomic mass is 10.0. The van der Waals surface area contributed by atoms with Crippen molar-refractivity contribution >= 4 is 5.95 Å². The minimum absolute atomic E-state index is 0.166. The molecule has 3 aromatic rings. The summed E-state index contributed by atoms with van der Waals surface area (Å²) in [4.78, 5) is 16.9. The van der Waals surface area contributed by atoms with E-state index in [0.29, 0.717) is 17.7 Å². The average molecular weight is 296 g/mol. The second kappa shape index (κ2) is 6.30. The third kappa shape index (κ3) is 3.08. The summed E-state index contributed by atoms with van der Waals surface area (Å²) in [5.74, 6) is 1.78. The summed E-state index contributed by atoms with van der Waals surface area (Å²) in [6.45, 7) is 4.13. The van der Waals surface area contributed by atoms with Crippen LogP contribution in [-0.4, -0.2) is 25.1 Å². The van der Waals surface area contributed by atoms with Crippen LogP contribution in [-0.2, 0) is 0 Å². The van der Waals surface area contributed by atoms with Crippen molar-refractivity contribution in [2.75, 3.05) is 5.32 Å². The predicted octanol–water partition coefficient (Wildman–Crippen LogP) is 2.73. The Labute approximate surface area is 127 Å². The number of hydrogen-bond donors (Lipinski definition) is 1. The summed E-state index contributed by atoms with van der Waals surface area (Å²) in [6, 6.07) is 5.32. The van der Waals surface area contributed by atoms with Crippen molar-refractivity contribution in [2.45, 2.75) is 19.9 Å². The molecule has 0 bridgehead atoms. The van der Waals surface area contributed by atoms with Gasteiger partial charge in [0.15, 0.2) is 0 Å². The van der Waals surface area contributed by atoms with Gasteiger partial charge in [0.05, 0.1) is 0 Å². The molecule has 0 aliphatic rings. The highest BCUT2D eigenvalue weighted by Gasteiger charge is 2.23. The van der Waals surface area contributed by atoms with E-state index < -0.39 is 0 Å². The van der Waals surface area contributed by atoms with Crippen molar-refractivity contribution in [1.82, 2.24) is 25.1 Å². The van der Waals surface area contributed by atoms with Gasteiger partial charge in [-0.05, 0) is 24.1 Å². The summed E-state index contributed by atoms with van der Waals surface area (Å²) < 4.78 is 5.41. The standard InChI is InChI=1S/C15H16N6O/c1-10(2)12(19-15-17-7-4-8-18-15)14-20-13(21-22-14)11-5-3-6-16-9-11/h3-10,12H,1-2H3,(H,17,18,19). The molecule has 7 heteroatoms. The Bertz CT molecular complexity index is 713. The first-order valence-electron chi connectivity index (χ1n) is 7.01. The molecule has 1 N–H and O–H groups in total. The summed E-state index contributed by atoms with van der Waals surface area (Å²) in [5.41, 5.74) is 0.816. The monoisotopic (exact) mass is 296 g/mol. The highest BCUT2D eigenvalue weighted by atomic mass is 16.5. The largest absolute Gasteiger partial charge is 0.342 e. The molecule has 0 radical (unpaired) electrons. The van der Waals surface area contributed by atoms with Crippen LogP contribution >= 0.6 is 0 Å². The molecule has 0 aliphatic carbocycles. The molecule has 0 aliphatic heterocycles. The third-order valence-corrected chi connectivity index (χ3v) is 3.14. The highest BCUT2D eigenvalue weighted by molar-refractivity contribution is 5.52. The highest BCUT2D eigenvalue weighted by Crippen LogP contribution is 2.25. The second-order valence-corrected chi connectivity index (χ2v) is 5.14. The van der Waals surface area contributed by atoms with Crippen molar-refractivity contribution in [3.63, 3.8) is 0 Å². The van der Waals surface area contributed by atoms with E-state index in [1.165, 1.54) is 0 Å². The first-order chi connectivity index (χ1) is 10.7. The molecule has 3 heterocycles. The SMILES string of the molecule is CC(C)C(Nc1ncccn1)c1nc(-c2cccnc2)no1.